The van der Waals surface area contributed by atoms with E-state index in [0.717, 1.165) is 17.1 Å². The van der Waals surface area contributed by atoms with E-state index < -0.39 is 0 Å². The standard InChI is InChI=1S/C14H13Cl2NO/c1-17(10-6-8-11(18-2)9-7-10)13-5-3-4-12(15)14(13)16/h3-9H,1-2H3. The fraction of sp³-hybridized carbons (Fsp3) is 0.143. The first-order valence-corrected chi connectivity index (χ1v) is 6.21. The van der Waals surface area contributed by atoms with Crippen molar-refractivity contribution in [3.05, 3.63) is 52.5 Å². The molecule has 0 fully saturated rings. The molecule has 0 aromatic heterocycles. The predicted octanol–water partition coefficient (Wildman–Crippen LogP) is 4.77. The molecular weight excluding hydrogens is 269 g/mol. The fourth-order valence-electron chi connectivity index (χ4n) is 1.70. The van der Waals surface area contributed by atoms with Crippen LogP contribution in [0.4, 0.5) is 11.4 Å². The Morgan fingerprint density at radius 1 is 1.00 bits per heavy atom. The number of benzene rings is 2. The zero-order valence-corrected chi connectivity index (χ0v) is 11.7. The molecule has 0 saturated heterocycles. The minimum absolute atomic E-state index is 0.550. The van der Waals surface area contributed by atoms with Crippen LogP contribution in [0.25, 0.3) is 0 Å². The summed E-state index contributed by atoms with van der Waals surface area (Å²) in [6.07, 6.45) is 0. The number of hydrogen-bond acceptors (Lipinski definition) is 2. The van der Waals surface area contributed by atoms with Crippen LogP contribution in [-0.4, -0.2) is 14.2 Å². The highest BCUT2D eigenvalue weighted by Crippen LogP contribution is 2.35. The Bertz CT molecular complexity index is 540. The summed E-state index contributed by atoms with van der Waals surface area (Å²) in [6, 6.07) is 13.3. The number of methoxy groups -OCH3 is 1. The molecule has 0 aliphatic rings. The quantitative estimate of drug-likeness (QED) is 0.804. The maximum atomic E-state index is 6.20. The lowest BCUT2D eigenvalue weighted by atomic mass is 10.2. The summed E-state index contributed by atoms with van der Waals surface area (Å²) >= 11 is 12.2. The van der Waals surface area contributed by atoms with Gasteiger partial charge in [-0.1, -0.05) is 29.3 Å². The van der Waals surface area contributed by atoms with E-state index in [1.165, 1.54) is 0 Å². The SMILES string of the molecule is COc1ccc(N(C)c2cccc(Cl)c2Cl)cc1. The third kappa shape index (κ3) is 2.55. The summed E-state index contributed by atoms with van der Waals surface area (Å²) in [5, 5.41) is 1.10. The van der Waals surface area contributed by atoms with Gasteiger partial charge in [-0.15, -0.1) is 0 Å². The molecule has 0 N–H and O–H groups in total. The van der Waals surface area contributed by atoms with Crippen LogP contribution in [0.3, 0.4) is 0 Å². The molecule has 94 valence electrons. The van der Waals surface area contributed by atoms with Crippen LogP contribution >= 0.6 is 23.2 Å². The Morgan fingerprint density at radius 3 is 2.28 bits per heavy atom. The second kappa shape index (κ2) is 5.51. The first-order valence-electron chi connectivity index (χ1n) is 5.45. The highest BCUT2D eigenvalue weighted by Gasteiger charge is 2.10. The van der Waals surface area contributed by atoms with Gasteiger partial charge in [0.1, 0.15) is 5.75 Å². The van der Waals surface area contributed by atoms with Crippen LogP contribution in [-0.2, 0) is 0 Å². The van der Waals surface area contributed by atoms with E-state index in [-0.39, 0.29) is 0 Å². The lowest BCUT2D eigenvalue weighted by Crippen LogP contribution is -2.09. The summed E-state index contributed by atoms with van der Waals surface area (Å²) in [7, 11) is 3.59. The number of nitrogens with zero attached hydrogens (tertiary/aromatic N) is 1. The molecule has 0 bridgehead atoms. The van der Waals surface area contributed by atoms with Crippen molar-refractivity contribution >= 4 is 34.6 Å². The van der Waals surface area contributed by atoms with E-state index in [4.69, 9.17) is 27.9 Å². The summed E-state index contributed by atoms with van der Waals surface area (Å²) in [5.41, 5.74) is 1.88. The maximum absolute atomic E-state index is 6.20. The van der Waals surface area contributed by atoms with Crippen LogP contribution in [0.2, 0.25) is 10.0 Å². The average Bonchev–Trinajstić information content (AvgIpc) is 2.41. The lowest BCUT2D eigenvalue weighted by molar-refractivity contribution is 0.415. The molecule has 0 heterocycles. The fourth-order valence-corrected chi connectivity index (χ4v) is 2.12. The highest BCUT2D eigenvalue weighted by molar-refractivity contribution is 6.43. The monoisotopic (exact) mass is 281 g/mol. The Morgan fingerprint density at radius 2 is 1.67 bits per heavy atom. The first-order chi connectivity index (χ1) is 8.63. The lowest BCUT2D eigenvalue weighted by Gasteiger charge is -2.21. The van der Waals surface area contributed by atoms with Crippen LogP contribution < -0.4 is 9.64 Å². The van der Waals surface area contributed by atoms with Crippen LogP contribution in [0.15, 0.2) is 42.5 Å². The van der Waals surface area contributed by atoms with Gasteiger partial charge in [-0.3, -0.25) is 0 Å². The van der Waals surface area contributed by atoms with Crippen molar-refractivity contribution in [3.63, 3.8) is 0 Å². The Kier molecular flexibility index (Phi) is 4.00. The van der Waals surface area contributed by atoms with E-state index in [0.29, 0.717) is 10.0 Å². The third-order valence-electron chi connectivity index (χ3n) is 2.75. The largest absolute Gasteiger partial charge is 0.497 e. The van der Waals surface area contributed by atoms with Crippen molar-refractivity contribution in [3.8, 4) is 5.75 Å². The van der Waals surface area contributed by atoms with Crippen molar-refractivity contribution in [2.45, 2.75) is 0 Å². The Balaban J connectivity index is 2.35. The van der Waals surface area contributed by atoms with Crippen LogP contribution in [0, 0.1) is 0 Å². The van der Waals surface area contributed by atoms with Gasteiger partial charge in [0.2, 0.25) is 0 Å². The Hall–Kier alpha value is -1.38. The normalized spacial score (nSPS) is 10.2. The molecule has 0 aliphatic carbocycles. The van der Waals surface area contributed by atoms with Gasteiger partial charge in [0.05, 0.1) is 22.8 Å². The van der Waals surface area contributed by atoms with Crippen molar-refractivity contribution in [2.24, 2.45) is 0 Å². The van der Waals surface area contributed by atoms with Gasteiger partial charge in [0.15, 0.2) is 0 Å². The van der Waals surface area contributed by atoms with E-state index in [9.17, 15) is 0 Å². The summed E-state index contributed by atoms with van der Waals surface area (Å²) in [6.45, 7) is 0. The molecule has 4 heteroatoms. The van der Waals surface area contributed by atoms with E-state index in [2.05, 4.69) is 0 Å². The van der Waals surface area contributed by atoms with E-state index in [1.807, 2.05) is 48.3 Å². The molecule has 2 aromatic carbocycles. The van der Waals surface area contributed by atoms with Crippen LogP contribution in [0.1, 0.15) is 0 Å². The second-order valence-electron chi connectivity index (χ2n) is 3.83. The first kappa shape index (κ1) is 13.1. The topological polar surface area (TPSA) is 12.5 Å². The summed E-state index contributed by atoms with van der Waals surface area (Å²) in [4.78, 5) is 1.98. The summed E-state index contributed by atoms with van der Waals surface area (Å²) in [5.74, 6) is 0.823. The van der Waals surface area contributed by atoms with Gasteiger partial charge in [-0.05, 0) is 36.4 Å². The number of rotatable bonds is 3. The molecule has 0 spiro atoms. The van der Waals surface area contributed by atoms with Gasteiger partial charge >= 0.3 is 0 Å². The molecule has 0 atom stereocenters. The molecule has 2 rings (SSSR count). The van der Waals surface area contributed by atoms with Crippen molar-refractivity contribution in [2.75, 3.05) is 19.1 Å². The van der Waals surface area contributed by atoms with Gasteiger partial charge in [0.25, 0.3) is 0 Å². The smallest absolute Gasteiger partial charge is 0.119 e. The average molecular weight is 282 g/mol. The molecule has 0 unspecified atom stereocenters. The zero-order valence-electron chi connectivity index (χ0n) is 10.2. The molecule has 0 amide bonds. The molecule has 0 radical (unpaired) electrons. The number of halogens is 2. The minimum Gasteiger partial charge on any atom is -0.497 e. The molecule has 2 nitrogen and oxygen atoms in total. The number of hydrogen-bond donors (Lipinski definition) is 0. The zero-order chi connectivity index (χ0) is 13.1. The molecule has 18 heavy (non-hydrogen) atoms. The van der Waals surface area contributed by atoms with Gasteiger partial charge < -0.3 is 9.64 Å². The molecule has 0 saturated carbocycles. The van der Waals surface area contributed by atoms with Gasteiger partial charge in [-0.2, -0.15) is 0 Å². The predicted molar refractivity (Wildman–Crippen MR) is 77.5 cm³/mol. The van der Waals surface area contributed by atoms with E-state index >= 15 is 0 Å². The van der Waals surface area contributed by atoms with Crippen molar-refractivity contribution < 1.29 is 4.74 Å². The summed E-state index contributed by atoms with van der Waals surface area (Å²) < 4.78 is 5.13. The Labute approximate surface area is 117 Å². The number of anilines is 2. The van der Waals surface area contributed by atoms with Crippen molar-refractivity contribution in [1.82, 2.24) is 0 Å². The van der Waals surface area contributed by atoms with E-state index in [1.54, 1.807) is 13.2 Å². The number of ether oxygens (including phenoxy) is 1. The van der Waals surface area contributed by atoms with Gasteiger partial charge in [0, 0.05) is 12.7 Å². The maximum Gasteiger partial charge on any atom is 0.119 e. The van der Waals surface area contributed by atoms with Gasteiger partial charge in [-0.25, -0.2) is 0 Å². The minimum atomic E-state index is 0.550. The highest BCUT2D eigenvalue weighted by atomic mass is 35.5. The second-order valence-corrected chi connectivity index (χ2v) is 4.62. The molecule has 0 aliphatic heterocycles. The van der Waals surface area contributed by atoms with Crippen LogP contribution in [0.5, 0.6) is 5.75 Å². The third-order valence-corrected chi connectivity index (χ3v) is 3.56. The molecular formula is C14H13Cl2NO. The molecule has 2 aromatic rings. The van der Waals surface area contributed by atoms with Crippen molar-refractivity contribution in [1.29, 1.82) is 0 Å².